The molecule has 3 aromatic carbocycles. The van der Waals surface area contributed by atoms with Crippen molar-refractivity contribution in [1.82, 2.24) is 20.2 Å². The van der Waals surface area contributed by atoms with E-state index in [2.05, 4.69) is 52.9 Å². The van der Waals surface area contributed by atoms with Crippen molar-refractivity contribution in [3.05, 3.63) is 107 Å². The van der Waals surface area contributed by atoms with Gasteiger partial charge >= 0.3 is 0 Å². The molecule has 10 heteroatoms. The molecule has 0 bridgehead atoms. The van der Waals surface area contributed by atoms with Crippen molar-refractivity contribution >= 4 is 23.6 Å². The number of aliphatic hydroxyl groups is 1. The lowest BCUT2D eigenvalue weighted by molar-refractivity contribution is -0.268. The van der Waals surface area contributed by atoms with Crippen LogP contribution in [-0.4, -0.2) is 44.9 Å². The number of amides is 2. The van der Waals surface area contributed by atoms with E-state index in [9.17, 15) is 14.7 Å². The predicted molar refractivity (Wildman–Crippen MR) is 188 cm³/mol. The Balaban J connectivity index is 1.25. The molecule has 5 rings (SSSR count). The van der Waals surface area contributed by atoms with Crippen LogP contribution in [0, 0.1) is 5.92 Å². The quantitative estimate of drug-likeness (QED) is 0.0981. The van der Waals surface area contributed by atoms with Crippen LogP contribution in [0.2, 0.25) is 0 Å². The van der Waals surface area contributed by atoms with Crippen LogP contribution in [-0.2, 0) is 39.3 Å². The molecule has 2 amide bonds. The number of aryl methyl sites for hydroxylation is 1. The van der Waals surface area contributed by atoms with Gasteiger partial charge in [0.05, 0.1) is 18.8 Å². The molecular weight excluding hydrogens is 625 g/mol. The number of rotatable bonds is 15. The lowest BCUT2D eigenvalue weighted by atomic mass is 9.91. The number of aliphatic hydroxyl groups excluding tert-OH is 1. The third kappa shape index (κ3) is 9.56. The molecule has 0 aliphatic carbocycles. The van der Waals surface area contributed by atoms with Crippen molar-refractivity contribution in [2.45, 2.75) is 76.3 Å². The number of ether oxygens (including phenoxy) is 2. The molecular formula is C38H46N4O5S. The first-order chi connectivity index (χ1) is 23.3. The van der Waals surface area contributed by atoms with Crippen LogP contribution in [0.3, 0.4) is 0 Å². The molecule has 48 heavy (non-hydrogen) atoms. The summed E-state index contributed by atoms with van der Waals surface area (Å²) in [5.41, 5.74) is 5.99. The molecule has 1 aliphatic rings. The predicted octanol–water partition coefficient (Wildman–Crippen LogP) is 6.48. The number of carbonyl (C=O) groups excluding carboxylic acids is 2. The monoisotopic (exact) mass is 670 g/mol. The zero-order chi connectivity index (χ0) is 33.9. The highest BCUT2D eigenvalue weighted by Gasteiger charge is 2.38. The molecule has 1 saturated heterocycles. The van der Waals surface area contributed by atoms with Crippen LogP contribution in [0.5, 0.6) is 0 Å². The Morgan fingerprint density at radius 3 is 2.40 bits per heavy atom. The van der Waals surface area contributed by atoms with Crippen molar-refractivity contribution < 1.29 is 24.2 Å². The molecule has 4 aromatic rings. The van der Waals surface area contributed by atoms with Gasteiger partial charge in [-0.3, -0.25) is 9.59 Å². The van der Waals surface area contributed by atoms with Crippen molar-refractivity contribution in [3.8, 4) is 11.1 Å². The second-order valence-corrected chi connectivity index (χ2v) is 13.3. The average Bonchev–Trinajstić information content (AvgIpc) is 3.52. The fourth-order valence-electron chi connectivity index (χ4n) is 5.87. The highest BCUT2D eigenvalue weighted by molar-refractivity contribution is 7.99. The maximum Gasteiger partial charge on any atom is 0.220 e. The Labute approximate surface area is 287 Å². The molecule has 4 atom stereocenters. The van der Waals surface area contributed by atoms with Gasteiger partial charge < -0.3 is 29.8 Å². The molecule has 254 valence electrons. The molecule has 3 N–H and O–H groups in total. The lowest BCUT2D eigenvalue weighted by Gasteiger charge is -2.41. The van der Waals surface area contributed by atoms with E-state index in [0.717, 1.165) is 63.6 Å². The van der Waals surface area contributed by atoms with E-state index < -0.39 is 6.29 Å². The van der Waals surface area contributed by atoms with Crippen LogP contribution in [0.25, 0.3) is 11.1 Å². The molecule has 2 heterocycles. The summed E-state index contributed by atoms with van der Waals surface area (Å²) in [5, 5.41) is 16.4. The van der Waals surface area contributed by atoms with Gasteiger partial charge in [-0.2, -0.15) is 0 Å². The minimum atomic E-state index is -0.558. The van der Waals surface area contributed by atoms with Crippen LogP contribution in [0.15, 0.2) is 90.3 Å². The van der Waals surface area contributed by atoms with E-state index in [1.165, 1.54) is 6.92 Å². The van der Waals surface area contributed by atoms with Crippen molar-refractivity contribution in [2.24, 2.45) is 13.0 Å². The minimum Gasteiger partial charge on any atom is -0.392 e. The summed E-state index contributed by atoms with van der Waals surface area (Å²) in [6, 6.07) is 24.3. The number of nitrogens with zero attached hydrogens (tertiary/aromatic N) is 2. The topological polar surface area (TPSA) is 115 Å². The van der Waals surface area contributed by atoms with Gasteiger partial charge in [0, 0.05) is 63.1 Å². The number of hydrogen-bond acceptors (Lipinski definition) is 7. The summed E-state index contributed by atoms with van der Waals surface area (Å²) in [5.74, 6) is 0.809. The fraction of sp³-hybridized carbons (Fsp3) is 0.395. The Morgan fingerprint density at radius 1 is 0.938 bits per heavy atom. The summed E-state index contributed by atoms with van der Waals surface area (Å²) in [7, 11) is 1.99. The van der Waals surface area contributed by atoms with Crippen molar-refractivity contribution in [1.29, 1.82) is 0 Å². The van der Waals surface area contributed by atoms with E-state index in [1.54, 1.807) is 18.0 Å². The van der Waals surface area contributed by atoms with E-state index >= 15 is 0 Å². The summed E-state index contributed by atoms with van der Waals surface area (Å²) in [6.07, 6.45) is 5.92. The number of benzene rings is 3. The third-order valence-corrected chi connectivity index (χ3v) is 9.87. The zero-order valence-electron chi connectivity index (χ0n) is 27.9. The van der Waals surface area contributed by atoms with Crippen LogP contribution < -0.4 is 10.6 Å². The number of aromatic nitrogens is 2. The Morgan fingerprint density at radius 2 is 1.69 bits per heavy atom. The fourth-order valence-corrected chi connectivity index (χ4v) is 6.96. The summed E-state index contributed by atoms with van der Waals surface area (Å²) in [6.45, 7) is 4.77. The third-order valence-electron chi connectivity index (χ3n) is 8.72. The Bertz CT molecular complexity index is 1620. The van der Waals surface area contributed by atoms with E-state index in [4.69, 9.17) is 9.47 Å². The van der Waals surface area contributed by atoms with Gasteiger partial charge in [0.25, 0.3) is 0 Å². The standard InChI is InChI=1S/C38H46N4O5S/c1-26-34(25-48-38-40-21-22-42(38)3)46-37(47-36(26)30-14-12-28(24-43)13-15-30)31-18-16-29(17-19-31)33-10-7-6-9-32(33)23-41-35(45)11-5-4-8-20-39-27(2)44/h6-7,9-10,12-19,21-22,26,34,36-37,43H,4-5,8,11,20,23-25H2,1-3H3,(H,39,44)(H,41,45). The molecule has 1 aliphatic heterocycles. The van der Waals surface area contributed by atoms with E-state index in [1.807, 2.05) is 60.3 Å². The first kappa shape index (κ1) is 35.3. The smallest absolute Gasteiger partial charge is 0.220 e. The second kappa shape index (κ2) is 17.4. The molecule has 4 unspecified atom stereocenters. The van der Waals surface area contributed by atoms with Gasteiger partial charge in [-0.05, 0) is 40.7 Å². The van der Waals surface area contributed by atoms with Gasteiger partial charge in [-0.25, -0.2) is 4.98 Å². The van der Waals surface area contributed by atoms with Gasteiger partial charge in [0.2, 0.25) is 11.8 Å². The molecule has 1 aromatic heterocycles. The summed E-state index contributed by atoms with van der Waals surface area (Å²) >= 11 is 1.68. The van der Waals surface area contributed by atoms with E-state index in [0.29, 0.717) is 19.5 Å². The summed E-state index contributed by atoms with van der Waals surface area (Å²) in [4.78, 5) is 28.0. The highest BCUT2D eigenvalue weighted by atomic mass is 32.2. The maximum absolute atomic E-state index is 12.5. The number of hydrogen-bond donors (Lipinski definition) is 3. The van der Waals surface area contributed by atoms with Gasteiger partial charge in [-0.15, -0.1) is 0 Å². The molecule has 0 spiro atoms. The normalized spacial score (nSPS) is 19.2. The Kier molecular flexibility index (Phi) is 12.8. The minimum absolute atomic E-state index is 0.00000326. The number of carbonyl (C=O) groups is 2. The molecule has 0 radical (unpaired) electrons. The lowest BCUT2D eigenvalue weighted by Crippen LogP contribution is -2.38. The van der Waals surface area contributed by atoms with Crippen molar-refractivity contribution in [3.63, 3.8) is 0 Å². The highest BCUT2D eigenvalue weighted by Crippen LogP contribution is 2.43. The van der Waals surface area contributed by atoms with Crippen LogP contribution in [0.1, 0.15) is 74.2 Å². The molecule has 1 fully saturated rings. The van der Waals surface area contributed by atoms with Crippen molar-refractivity contribution in [2.75, 3.05) is 12.3 Å². The summed E-state index contributed by atoms with van der Waals surface area (Å²) < 4.78 is 15.3. The molecule has 0 saturated carbocycles. The number of imidazole rings is 1. The first-order valence-electron chi connectivity index (χ1n) is 16.6. The van der Waals surface area contributed by atoms with E-state index in [-0.39, 0.29) is 36.5 Å². The van der Waals surface area contributed by atoms with Gasteiger partial charge in [0.15, 0.2) is 11.4 Å². The Hall–Kier alpha value is -3.96. The van der Waals surface area contributed by atoms with Gasteiger partial charge in [-0.1, -0.05) is 97.9 Å². The average molecular weight is 671 g/mol. The number of nitrogens with one attached hydrogen (secondary N) is 2. The zero-order valence-corrected chi connectivity index (χ0v) is 28.7. The van der Waals surface area contributed by atoms with Crippen LogP contribution in [0.4, 0.5) is 0 Å². The second-order valence-electron chi connectivity index (χ2n) is 12.3. The van der Waals surface area contributed by atoms with Gasteiger partial charge in [0.1, 0.15) is 0 Å². The van der Waals surface area contributed by atoms with Crippen LogP contribution >= 0.6 is 11.8 Å². The largest absolute Gasteiger partial charge is 0.392 e. The number of unbranched alkanes of at least 4 members (excludes halogenated alkanes) is 2. The number of thioether (sulfide) groups is 1. The SMILES string of the molecule is CC(=O)NCCCCCC(=O)NCc1ccccc1-c1ccc(C2OC(CSc3nccn3C)C(C)C(c3ccc(CO)cc3)O2)cc1. The maximum atomic E-state index is 12.5. The molecule has 9 nitrogen and oxygen atoms in total. The first-order valence-corrected chi connectivity index (χ1v) is 17.6.